The van der Waals surface area contributed by atoms with Crippen LogP contribution in [0.5, 0.6) is 0 Å². The highest BCUT2D eigenvalue weighted by Crippen LogP contribution is 2.30. The number of anilines is 1. The van der Waals surface area contributed by atoms with Crippen LogP contribution in [0.1, 0.15) is 24.8 Å². The van der Waals surface area contributed by atoms with Gasteiger partial charge >= 0.3 is 0 Å². The molecule has 114 valence electrons. The molecule has 1 aromatic carbocycles. The molecule has 2 fully saturated rings. The van der Waals surface area contributed by atoms with Gasteiger partial charge in [0, 0.05) is 49.4 Å². The van der Waals surface area contributed by atoms with E-state index in [9.17, 15) is 10.1 Å². The average molecular weight is 310 g/mol. The van der Waals surface area contributed by atoms with Crippen LogP contribution in [-0.2, 0) is 5.88 Å². The average Bonchev–Trinajstić information content (AvgIpc) is 2.83. The van der Waals surface area contributed by atoms with Crippen LogP contribution < -0.4 is 4.90 Å². The molecule has 1 atom stereocenters. The minimum absolute atomic E-state index is 0.117. The predicted molar refractivity (Wildman–Crippen MR) is 84.1 cm³/mol. The van der Waals surface area contributed by atoms with Crippen LogP contribution in [0.4, 0.5) is 11.4 Å². The van der Waals surface area contributed by atoms with E-state index in [1.807, 2.05) is 6.07 Å². The fourth-order valence-corrected chi connectivity index (χ4v) is 3.74. The second kappa shape index (κ2) is 6.20. The molecule has 2 saturated heterocycles. The predicted octanol–water partition coefficient (Wildman–Crippen LogP) is 3.01. The normalized spacial score (nSPS) is 22.9. The monoisotopic (exact) mass is 309 g/mol. The minimum atomic E-state index is -0.360. The number of nitro groups is 1. The van der Waals surface area contributed by atoms with Gasteiger partial charge in [0.2, 0.25) is 0 Å². The molecule has 5 nitrogen and oxygen atoms in total. The largest absolute Gasteiger partial charge is 0.370 e. The topological polar surface area (TPSA) is 49.6 Å². The van der Waals surface area contributed by atoms with Crippen LogP contribution in [0.2, 0.25) is 0 Å². The van der Waals surface area contributed by atoms with Crippen molar-refractivity contribution in [1.29, 1.82) is 0 Å². The summed E-state index contributed by atoms with van der Waals surface area (Å²) in [6.45, 7) is 4.36. The number of benzene rings is 1. The van der Waals surface area contributed by atoms with Crippen LogP contribution in [0.15, 0.2) is 18.2 Å². The lowest BCUT2D eigenvalue weighted by molar-refractivity contribution is -0.384. The molecule has 0 bridgehead atoms. The summed E-state index contributed by atoms with van der Waals surface area (Å²) in [7, 11) is 0. The number of hydrogen-bond acceptors (Lipinski definition) is 4. The Morgan fingerprint density at radius 2 is 2.10 bits per heavy atom. The third kappa shape index (κ3) is 2.99. The Morgan fingerprint density at radius 1 is 1.29 bits per heavy atom. The van der Waals surface area contributed by atoms with Crippen molar-refractivity contribution in [3.63, 3.8) is 0 Å². The van der Waals surface area contributed by atoms with E-state index in [1.165, 1.54) is 19.4 Å². The molecule has 6 heteroatoms. The van der Waals surface area contributed by atoms with Crippen LogP contribution in [0, 0.1) is 10.1 Å². The van der Waals surface area contributed by atoms with Gasteiger partial charge in [-0.25, -0.2) is 0 Å². The number of fused-ring (bicyclic) bond motifs is 1. The lowest BCUT2D eigenvalue weighted by Gasteiger charge is -2.28. The molecular weight excluding hydrogens is 290 g/mol. The zero-order valence-electron chi connectivity index (χ0n) is 12.0. The standard InChI is InChI=1S/C15H20ClN3O2/c16-10-12-9-13(19(20)21)4-5-15(12)18-8-2-7-17-6-1-3-14(17)11-18/h4-5,9,14H,1-3,6-8,10-11H2. The summed E-state index contributed by atoms with van der Waals surface area (Å²) in [6, 6.07) is 5.67. The van der Waals surface area contributed by atoms with E-state index >= 15 is 0 Å². The van der Waals surface area contributed by atoms with E-state index in [2.05, 4.69) is 9.80 Å². The summed E-state index contributed by atoms with van der Waals surface area (Å²) in [6.07, 6.45) is 3.66. The minimum Gasteiger partial charge on any atom is -0.370 e. The molecule has 0 saturated carbocycles. The number of hydrogen-bond donors (Lipinski definition) is 0. The highest BCUT2D eigenvalue weighted by atomic mass is 35.5. The lowest BCUT2D eigenvalue weighted by atomic mass is 10.1. The first-order valence-electron chi connectivity index (χ1n) is 7.51. The molecule has 1 unspecified atom stereocenters. The van der Waals surface area contributed by atoms with Crippen molar-refractivity contribution in [1.82, 2.24) is 4.90 Å². The van der Waals surface area contributed by atoms with Crippen molar-refractivity contribution in [2.45, 2.75) is 31.2 Å². The van der Waals surface area contributed by atoms with Gasteiger partial charge < -0.3 is 4.90 Å². The highest BCUT2D eigenvalue weighted by molar-refractivity contribution is 6.17. The maximum absolute atomic E-state index is 10.9. The van der Waals surface area contributed by atoms with Crippen LogP contribution in [0.3, 0.4) is 0 Å². The number of rotatable bonds is 3. The summed E-state index contributed by atoms with van der Waals surface area (Å²) < 4.78 is 0. The second-order valence-corrected chi connectivity index (χ2v) is 6.10. The van der Waals surface area contributed by atoms with Crippen molar-refractivity contribution < 1.29 is 4.92 Å². The van der Waals surface area contributed by atoms with Crippen LogP contribution >= 0.6 is 11.6 Å². The molecule has 3 rings (SSSR count). The van der Waals surface area contributed by atoms with E-state index in [4.69, 9.17) is 11.6 Å². The van der Waals surface area contributed by atoms with Gasteiger partial charge in [0.05, 0.1) is 4.92 Å². The summed E-state index contributed by atoms with van der Waals surface area (Å²) >= 11 is 6.02. The summed E-state index contributed by atoms with van der Waals surface area (Å²) in [5.41, 5.74) is 2.04. The first-order chi connectivity index (χ1) is 10.2. The van der Waals surface area contributed by atoms with Crippen molar-refractivity contribution in [3.8, 4) is 0 Å². The SMILES string of the molecule is O=[N+]([O-])c1ccc(N2CCCN3CCCC3C2)c(CCl)c1. The molecule has 0 N–H and O–H groups in total. The number of alkyl halides is 1. The first-order valence-corrected chi connectivity index (χ1v) is 8.05. The Balaban J connectivity index is 1.86. The third-order valence-corrected chi connectivity index (χ3v) is 4.85. The smallest absolute Gasteiger partial charge is 0.269 e. The maximum atomic E-state index is 10.9. The molecule has 1 aromatic rings. The van der Waals surface area contributed by atoms with Gasteiger partial charge in [0.15, 0.2) is 0 Å². The number of nitrogens with zero attached hydrogens (tertiary/aromatic N) is 3. The van der Waals surface area contributed by atoms with Crippen molar-refractivity contribution >= 4 is 23.0 Å². The second-order valence-electron chi connectivity index (χ2n) is 5.84. The Labute approximate surface area is 129 Å². The molecule has 0 aliphatic carbocycles. The van der Waals surface area contributed by atoms with Gasteiger partial charge in [-0.15, -0.1) is 11.6 Å². The zero-order chi connectivity index (χ0) is 14.8. The van der Waals surface area contributed by atoms with Crippen molar-refractivity contribution in [2.75, 3.05) is 31.1 Å². The number of halogens is 1. The van der Waals surface area contributed by atoms with Gasteiger partial charge in [0.1, 0.15) is 0 Å². The fraction of sp³-hybridized carbons (Fsp3) is 0.600. The molecule has 0 amide bonds. The molecule has 0 spiro atoms. The van der Waals surface area contributed by atoms with E-state index in [1.54, 1.807) is 12.1 Å². The van der Waals surface area contributed by atoms with Crippen LogP contribution in [-0.4, -0.2) is 42.0 Å². The Morgan fingerprint density at radius 3 is 2.86 bits per heavy atom. The van der Waals surface area contributed by atoms with E-state index in [-0.39, 0.29) is 10.6 Å². The number of non-ortho nitro benzene ring substituents is 1. The first kappa shape index (κ1) is 14.6. The van der Waals surface area contributed by atoms with Gasteiger partial charge in [-0.2, -0.15) is 0 Å². The Kier molecular flexibility index (Phi) is 4.31. The van der Waals surface area contributed by atoms with Gasteiger partial charge in [-0.05, 0) is 37.4 Å². The van der Waals surface area contributed by atoms with E-state index < -0.39 is 0 Å². The highest BCUT2D eigenvalue weighted by Gasteiger charge is 2.29. The third-order valence-electron chi connectivity index (χ3n) is 4.56. The molecule has 0 radical (unpaired) electrons. The fourth-order valence-electron chi connectivity index (χ4n) is 3.53. The van der Waals surface area contributed by atoms with E-state index in [0.29, 0.717) is 11.9 Å². The Hall–Kier alpha value is -1.33. The van der Waals surface area contributed by atoms with Crippen molar-refractivity contribution in [2.24, 2.45) is 0 Å². The maximum Gasteiger partial charge on any atom is 0.269 e. The lowest BCUT2D eigenvalue weighted by Crippen LogP contribution is -2.36. The zero-order valence-corrected chi connectivity index (χ0v) is 12.8. The van der Waals surface area contributed by atoms with Gasteiger partial charge in [0.25, 0.3) is 5.69 Å². The molecule has 21 heavy (non-hydrogen) atoms. The van der Waals surface area contributed by atoms with Crippen molar-refractivity contribution in [3.05, 3.63) is 33.9 Å². The Bertz CT molecular complexity index is 538. The number of nitro benzene ring substituents is 1. The summed E-state index contributed by atoms with van der Waals surface area (Å²) in [5, 5.41) is 10.9. The summed E-state index contributed by atoms with van der Waals surface area (Å²) in [5.74, 6) is 0.307. The molecule has 2 heterocycles. The van der Waals surface area contributed by atoms with Crippen LogP contribution in [0.25, 0.3) is 0 Å². The van der Waals surface area contributed by atoms with Gasteiger partial charge in [-0.3, -0.25) is 15.0 Å². The molecule has 0 aromatic heterocycles. The van der Waals surface area contributed by atoms with Gasteiger partial charge in [-0.1, -0.05) is 0 Å². The summed E-state index contributed by atoms with van der Waals surface area (Å²) in [4.78, 5) is 15.5. The quantitative estimate of drug-likeness (QED) is 0.489. The molecule has 2 aliphatic heterocycles. The van der Waals surface area contributed by atoms with E-state index in [0.717, 1.165) is 37.3 Å². The molecule has 2 aliphatic rings. The molecular formula is C15H20ClN3O2.